The molecule has 2 aliphatic heterocycles. The van der Waals surface area contributed by atoms with Crippen LogP contribution in [0.2, 0.25) is 0 Å². The molecule has 8 heteroatoms. The van der Waals surface area contributed by atoms with Crippen LogP contribution in [0.5, 0.6) is 11.5 Å². The highest BCUT2D eigenvalue weighted by molar-refractivity contribution is 7.07. The molecule has 168 valence electrons. The summed E-state index contributed by atoms with van der Waals surface area (Å²) in [5.41, 5.74) is 3.74. The molecule has 33 heavy (non-hydrogen) atoms. The first-order chi connectivity index (χ1) is 15.8. The maximum absolute atomic E-state index is 13.6. The van der Waals surface area contributed by atoms with Crippen LogP contribution in [0, 0.1) is 0 Å². The van der Waals surface area contributed by atoms with Gasteiger partial charge in [0.15, 0.2) is 22.1 Å². The van der Waals surface area contributed by atoms with Crippen molar-refractivity contribution in [3.63, 3.8) is 0 Å². The van der Waals surface area contributed by atoms with Crippen LogP contribution in [0.4, 0.5) is 5.69 Å². The van der Waals surface area contributed by atoms with Gasteiger partial charge in [0, 0.05) is 31.1 Å². The molecule has 1 atom stereocenters. The van der Waals surface area contributed by atoms with Gasteiger partial charge in [-0.05, 0) is 55.3 Å². The van der Waals surface area contributed by atoms with Gasteiger partial charge in [0.05, 0.1) is 10.6 Å². The fourth-order valence-electron chi connectivity index (χ4n) is 4.20. The topological polar surface area (TPSA) is 73.1 Å². The summed E-state index contributed by atoms with van der Waals surface area (Å²) in [6.07, 6.45) is 1.82. The maximum atomic E-state index is 13.6. The van der Waals surface area contributed by atoms with Crippen molar-refractivity contribution in [2.45, 2.75) is 19.9 Å². The Hall–Kier alpha value is -3.65. The van der Waals surface area contributed by atoms with E-state index in [-0.39, 0.29) is 18.1 Å². The first-order valence-corrected chi connectivity index (χ1v) is 11.4. The van der Waals surface area contributed by atoms with E-state index in [9.17, 15) is 9.59 Å². The molecule has 0 spiro atoms. The zero-order valence-electron chi connectivity index (χ0n) is 18.8. The quantitative estimate of drug-likeness (QED) is 0.597. The lowest BCUT2D eigenvalue weighted by atomic mass is 9.93. The second kappa shape index (κ2) is 8.04. The predicted molar refractivity (Wildman–Crippen MR) is 128 cm³/mol. The largest absolute Gasteiger partial charge is 0.454 e. The summed E-state index contributed by atoms with van der Waals surface area (Å²) in [5.74, 6) is 1.25. The number of hydrogen-bond donors (Lipinski definition) is 0. The van der Waals surface area contributed by atoms with E-state index in [4.69, 9.17) is 9.47 Å². The Kier molecular flexibility index (Phi) is 5.17. The van der Waals surface area contributed by atoms with Crippen molar-refractivity contribution in [2.75, 3.05) is 25.8 Å². The molecule has 2 aromatic carbocycles. The molecule has 0 amide bonds. The van der Waals surface area contributed by atoms with Gasteiger partial charge in [0.2, 0.25) is 6.79 Å². The fourth-order valence-corrected chi connectivity index (χ4v) is 5.24. The number of aromatic nitrogens is 1. The zero-order valence-corrected chi connectivity index (χ0v) is 19.6. The Morgan fingerprint density at radius 3 is 2.58 bits per heavy atom. The Bertz CT molecular complexity index is 1480. The monoisotopic (exact) mass is 461 g/mol. The minimum atomic E-state index is -0.520. The van der Waals surface area contributed by atoms with E-state index in [1.165, 1.54) is 18.3 Å². The molecule has 0 unspecified atom stereocenters. The average molecular weight is 462 g/mol. The Labute approximate surface area is 194 Å². The van der Waals surface area contributed by atoms with Crippen LogP contribution in [0.1, 0.15) is 31.0 Å². The summed E-state index contributed by atoms with van der Waals surface area (Å²) < 4.78 is 13.0. The molecular formula is C25H23N3O4S. The molecule has 7 nitrogen and oxygen atoms in total. The van der Waals surface area contributed by atoms with E-state index in [0.29, 0.717) is 32.1 Å². The van der Waals surface area contributed by atoms with E-state index < -0.39 is 6.04 Å². The summed E-state index contributed by atoms with van der Waals surface area (Å²) >= 11 is 1.32. The van der Waals surface area contributed by atoms with Crippen molar-refractivity contribution in [1.29, 1.82) is 0 Å². The van der Waals surface area contributed by atoms with Crippen LogP contribution in [0.25, 0.3) is 6.08 Å². The SMILES string of the molecule is CC(=O)C1=C(C)N=c2s/c(=C\c3ccc4c(c3)OCO4)c(=O)n2[C@@H]1c1ccc(N(C)C)cc1. The highest BCUT2D eigenvalue weighted by Crippen LogP contribution is 2.33. The third-order valence-electron chi connectivity index (χ3n) is 5.82. The van der Waals surface area contributed by atoms with Gasteiger partial charge in [0.1, 0.15) is 0 Å². The molecule has 5 rings (SSSR count). The highest BCUT2D eigenvalue weighted by Gasteiger charge is 2.30. The van der Waals surface area contributed by atoms with Gasteiger partial charge in [-0.15, -0.1) is 0 Å². The molecule has 3 heterocycles. The summed E-state index contributed by atoms with van der Waals surface area (Å²) in [7, 11) is 3.94. The number of nitrogens with zero attached hydrogens (tertiary/aromatic N) is 3. The number of fused-ring (bicyclic) bond motifs is 2. The average Bonchev–Trinajstić information content (AvgIpc) is 3.36. The van der Waals surface area contributed by atoms with Crippen molar-refractivity contribution >= 4 is 28.9 Å². The molecular weight excluding hydrogens is 438 g/mol. The normalized spacial score (nSPS) is 17.1. The van der Waals surface area contributed by atoms with Crippen LogP contribution in [0.3, 0.4) is 0 Å². The van der Waals surface area contributed by atoms with Gasteiger partial charge in [-0.1, -0.05) is 29.5 Å². The lowest BCUT2D eigenvalue weighted by molar-refractivity contribution is -0.114. The summed E-state index contributed by atoms with van der Waals surface area (Å²) in [6.45, 7) is 3.55. The number of thiazole rings is 1. The number of ether oxygens (including phenoxy) is 2. The van der Waals surface area contributed by atoms with Crippen molar-refractivity contribution in [1.82, 2.24) is 4.57 Å². The lowest BCUT2D eigenvalue weighted by Crippen LogP contribution is -2.39. The number of benzene rings is 2. The van der Waals surface area contributed by atoms with E-state index >= 15 is 0 Å². The van der Waals surface area contributed by atoms with Gasteiger partial charge in [0.25, 0.3) is 5.56 Å². The number of Topliss-reactive ketones (excluding diaryl/α,β-unsaturated/α-hetero) is 1. The van der Waals surface area contributed by atoms with Crippen molar-refractivity contribution in [3.8, 4) is 11.5 Å². The van der Waals surface area contributed by atoms with Crippen molar-refractivity contribution < 1.29 is 14.3 Å². The standard InChI is InChI=1S/C25H23N3O4S/c1-14-22(15(2)29)23(17-6-8-18(9-7-17)27(3)4)28-24(30)21(33-25(28)26-14)12-16-5-10-19-20(11-16)32-13-31-19/h5-12,23H,13H2,1-4H3/b21-12-/t23-/m1/s1. The minimum Gasteiger partial charge on any atom is -0.454 e. The van der Waals surface area contributed by atoms with Crippen LogP contribution in [-0.2, 0) is 4.79 Å². The number of rotatable bonds is 4. The molecule has 0 bridgehead atoms. The van der Waals surface area contributed by atoms with E-state index in [1.807, 2.05) is 74.5 Å². The van der Waals surface area contributed by atoms with Crippen LogP contribution < -0.4 is 29.3 Å². The molecule has 0 saturated carbocycles. The summed E-state index contributed by atoms with van der Waals surface area (Å²) in [6, 6.07) is 13.0. The zero-order chi connectivity index (χ0) is 23.3. The van der Waals surface area contributed by atoms with Crippen LogP contribution >= 0.6 is 11.3 Å². The van der Waals surface area contributed by atoms with Crippen LogP contribution in [0.15, 0.2) is 63.5 Å². The van der Waals surface area contributed by atoms with E-state index in [2.05, 4.69) is 4.99 Å². The van der Waals surface area contributed by atoms with Crippen molar-refractivity contribution in [2.24, 2.45) is 4.99 Å². The third-order valence-corrected chi connectivity index (χ3v) is 6.80. The molecule has 1 aromatic heterocycles. The molecule has 0 saturated heterocycles. The van der Waals surface area contributed by atoms with Gasteiger partial charge in [-0.2, -0.15) is 0 Å². The van der Waals surface area contributed by atoms with Gasteiger partial charge in [-0.3, -0.25) is 14.2 Å². The number of hydrogen-bond acceptors (Lipinski definition) is 7. The molecule has 3 aromatic rings. The molecule has 0 fully saturated rings. The maximum Gasteiger partial charge on any atom is 0.271 e. The van der Waals surface area contributed by atoms with E-state index in [1.54, 1.807) is 4.57 Å². The van der Waals surface area contributed by atoms with Gasteiger partial charge in [-0.25, -0.2) is 4.99 Å². The highest BCUT2D eigenvalue weighted by atomic mass is 32.1. The second-order valence-electron chi connectivity index (χ2n) is 8.24. The Morgan fingerprint density at radius 2 is 1.88 bits per heavy atom. The first-order valence-electron chi connectivity index (χ1n) is 10.5. The number of anilines is 1. The summed E-state index contributed by atoms with van der Waals surface area (Å²) in [5, 5.41) is 0. The third kappa shape index (κ3) is 3.66. The smallest absolute Gasteiger partial charge is 0.271 e. The number of allylic oxidation sites excluding steroid dienone is 2. The molecule has 0 N–H and O–H groups in total. The Morgan fingerprint density at radius 1 is 1.15 bits per heavy atom. The molecule has 0 aliphatic carbocycles. The first kappa shape index (κ1) is 21.2. The number of ketones is 1. The number of carbonyl (C=O) groups excluding carboxylic acids is 1. The fraction of sp³-hybridized carbons (Fsp3) is 0.240. The summed E-state index contributed by atoms with van der Waals surface area (Å²) in [4.78, 5) is 33.4. The minimum absolute atomic E-state index is 0.0945. The second-order valence-corrected chi connectivity index (χ2v) is 9.25. The lowest BCUT2D eigenvalue weighted by Gasteiger charge is -2.25. The van der Waals surface area contributed by atoms with Crippen LogP contribution in [-0.4, -0.2) is 31.2 Å². The van der Waals surface area contributed by atoms with Gasteiger partial charge >= 0.3 is 0 Å². The molecule has 0 radical (unpaired) electrons. The van der Waals surface area contributed by atoms with E-state index in [0.717, 1.165) is 16.8 Å². The number of carbonyl (C=O) groups is 1. The Balaban J connectivity index is 1.68. The van der Waals surface area contributed by atoms with Gasteiger partial charge < -0.3 is 14.4 Å². The van der Waals surface area contributed by atoms with Crippen molar-refractivity contribution in [3.05, 3.63) is 84.5 Å². The predicted octanol–water partition coefficient (Wildman–Crippen LogP) is 2.62. The molecule has 2 aliphatic rings.